The number of benzene rings is 1. The van der Waals surface area contributed by atoms with Crippen LogP contribution in [-0.4, -0.2) is 37.2 Å². The lowest BCUT2D eigenvalue weighted by Crippen LogP contribution is -2.36. The molecule has 0 spiro atoms. The van der Waals surface area contributed by atoms with Crippen molar-refractivity contribution in [3.8, 4) is 5.75 Å². The molecule has 0 aliphatic carbocycles. The van der Waals surface area contributed by atoms with Crippen molar-refractivity contribution in [1.82, 2.24) is 4.90 Å². The van der Waals surface area contributed by atoms with E-state index in [1.165, 1.54) is 0 Å². The van der Waals surface area contributed by atoms with Crippen LogP contribution in [-0.2, 0) is 16.1 Å². The molecule has 0 N–H and O–H groups in total. The summed E-state index contributed by atoms with van der Waals surface area (Å²) in [5.41, 5.74) is 1.11. The zero-order chi connectivity index (χ0) is 15.0. The van der Waals surface area contributed by atoms with E-state index in [1.54, 1.807) is 7.11 Å². The molecule has 1 aliphatic heterocycles. The topological polar surface area (TPSA) is 38.8 Å². The summed E-state index contributed by atoms with van der Waals surface area (Å²) in [6.07, 6.45) is 0.567. The summed E-state index contributed by atoms with van der Waals surface area (Å²) in [5, 5.41) is 0. The molecule has 1 atom stereocenters. The standard InChI is InChI=1S/C14H19NO3.C2H6/c1-11-14(16)15(8-3-9-18-11)10-12-4-6-13(17-2)7-5-12;1-2/h4-7,11H,3,8-10H2,1-2H3;1-2H3. The second-order valence-electron chi connectivity index (χ2n) is 4.47. The zero-order valence-corrected chi connectivity index (χ0v) is 12.9. The van der Waals surface area contributed by atoms with Crippen LogP contribution >= 0.6 is 0 Å². The van der Waals surface area contributed by atoms with Crippen LogP contribution in [0.1, 0.15) is 32.8 Å². The van der Waals surface area contributed by atoms with E-state index < -0.39 is 0 Å². The van der Waals surface area contributed by atoms with E-state index in [2.05, 4.69) is 0 Å². The van der Waals surface area contributed by atoms with Gasteiger partial charge in [-0.25, -0.2) is 0 Å². The smallest absolute Gasteiger partial charge is 0.251 e. The highest BCUT2D eigenvalue weighted by atomic mass is 16.5. The molecule has 4 nitrogen and oxygen atoms in total. The molecule has 1 unspecified atom stereocenters. The second-order valence-corrected chi connectivity index (χ2v) is 4.47. The Labute approximate surface area is 121 Å². The van der Waals surface area contributed by atoms with Crippen LogP contribution in [0.3, 0.4) is 0 Å². The van der Waals surface area contributed by atoms with Gasteiger partial charge < -0.3 is 14.4 Å². The van der Waals surface area contributed by atoms with Gasteiger partial charge in [0.1, 0.15) is 11.9 Å². The SMILES string of the molecule is CC.COc1ccc(CN2CCCOC(C)C2=O)cc1. The first-order chi connectivity index (χ1) is 9.70. The van der Waals surface area contributed by atoms with Gasteiger partial charge in [-0.1, -0.05) is 26.0 Å². The van der Waals surface area contributed by atoms with Crippen LogP contribution in [0.5, 0.6) is 5.75 Å². The fourth-order valence-corrected chi connectivity index (χ4v) is 2.06. The average Bonchev–Trinajstić information content (AvgIpc) is 2.66. The molecule has 0 radical (unpaired) electrons. The Morgan fingerprint density at radius 1 is 1.30 bits per heavy atom. The lowest BCUT2D eigenvalue weighted by molar-refractivity contribution is -0.140. The Morgan fingerprint density at radius 3 is 2.55 bits per heavy atom. The lowest BCUT2D eigenvalue weighted by atomic mass is 10.2. The molecule has 1 saturated heterocycles. The summed E-state index contributed by atoms with van der Waals surface area (Å²) in [4.78, 5) is 13.9. The van der Waals surface area contributed by atoms with Crippen LogP contribution in [0.15, 0.2) is 24.3 Å². The summed E-state index contributed by atoms with van der Waals surface area (Å²) >= 11 is 0. The molecular weight excluding hydrogens is 254 g/mol. The van der Waals surface area contributed by atoms with E-state index in [1.807, 2.05) is 49.9 Å². The number of hydrogen-bond donors (Lipinski definition) is 0. The van der Waals surface area contributed by atoms with Crippen molar-refractivity contribution in [2.45, 2.75) is 39.8 Å². The van der Waals surface area contributed by atoms with Crippen molar-refractivity contribution in [2.24, 2.45) is 0 Å². The van der Waals surface area contributed by atoms with Gasteiger partial charge in [0.15, 0.2) is 0 Å². The summed E-state index contributed by atoms with van der Waals surface area (Å²) in [7, 11) is 1.65. The molecule has 1 aromatic rings. The Bertz CT molecular complexity index is 403. The first kappa shape index (κ1) is 16.5. The molecule has 1 fully saturated rings. The van der Waals surface area contributed by atoms with E-state index >= 15 is 0 Å². The number of carbonyl (C=O) groups is 1. The van der Waals surface area contributed by atoms with Gasteiger partial charge in [-0.15, -0.1) is 0 Å². The van der Waals surface area contributed by atoms with E-state index in [9.17, 15) is 4.79 Å². The summed E-state index contributed by atoms with van der Waals surface area (Å²) in [5.74, 6) is 0.904. The van der Waals surface area contributed by atoms with E-state index in [0.29, 0.717) is 13.2 Å². The first-order valence-corrected chi connectivity index (χ1v) is 7.24. The highest BCUT2D eigenvalue weighted by molar-refractivity contribution is 5.80. The van der Waals surface area contributed by atoms with Crippen LogP contribution in [0.4, 0.5) is 0 Å². The third-order valence-corrected chi connectivity index (χ3v) is 3.13. The highest BCUT2D eigenvalue weighted by Gasteiger charge is 2.23. The van der Waals surface area contributed by atoms with Crippen molar-refractivity contribution in [3.63, 3.8) is 0 Å². The maximum atomic E-state index is 12.0. The monoisotopic (exact) mass is 279 g/mol. The molecule has 1 heterocycles. The summed E-state index contributed by atoms with van der Waals surface area (Å²) in [6.45, 7) is 7.87. The van der Waals surface area contributed by atoms with Gasteiger partial charge in [0.2, 0.25) is 0 Å². The van der Waals surface area contributed by atoms with Gasteiger partial charge in [-0.3, -0.25) is 4.79 Å². The van der Waals surface area contributed by atoms with Gasteiger partial charge in [0.05, 0.1) is 7.11 Å². The normalized spacial score (nSPS) is 18.9. The van der Waals surface area contributed by atoms with Gasteiger partial charge in [-0.2, -0.15) is 0 Å². The number of carbonyl (C=O) groups excluding carboxylic acids is 1. The van der Waals surface area contributed by atoms with Gasteiger partial charge >= 0.3 is 0 Å². The predicted octanol–water partition coefficient (Wildman–Crippen LogP) is 2.86. The van der Waals surface area contributed by atoms with Crippen molar-refractivity contribution < 1.29 is 14.3 Å². The predicted molar refractivity (Wildman–Crippen MR) is 79.8 cm³/mol. The quantitative estimate of drug-likeness (QED) is 0.854. The van der Waals surface area contributed by atoms with Gasteiger partial charge in [0.25, 0.3) is 5.91 Å². The number of nitrogens with zero attached hydrogens (tertiary/aromatic N) is 1. The minimum Gasteiger partial charge on any atom is -0.497 e. The highest BCUT2D eigenvalue weighted by Crippen LogP contribution is 2.15. The number of methoxy groups -OCH3 is 1. The maximum Gasteiger partial charge on any atom is 0.251 e. The molecule has 0 bridgehead atoms. The Kier molecular flexibility index (Phi) is 7.09. The van der Waals surface area contributed by atoms with Crippen LogP contribution < -0.4 is 4.74 Å². The Hall–Kier alpha value is -1.55. The van der Waals surface area contributed by atoms with Gasteiger partial charge in [-0.05, 0) is 31.0 Å². The van der Waals surface area contributed by atoms with E-state index in [-0.39, 0.29) is 12.0 Å². The van der Waals surface area contributed by atoms with E-state index in [4.69, 9.17) is 9.47 Å². The number of amides is 1. The molecule has 0 saturated carbocycles. The minimum atomic E-state index is -0.328. The molecule has 20 heavy (non-hydrogen) atoms. The third-order valence-electron chi connectivity index (χ3n) is 3.13. The summed E-state index contributed by atoms with van der Waals surface area (Å²) in [6, 6.07) is 7.81. The fourth-order valence-electron chi connectivity index (χ4n) is 2.06. The molecular formula is C16H25NO3. The lowest BCUT2D eigenvalue weighted by Gasteiger charge is -2.22. The van der Waals surface area contributed by atoms with E-state index in [0.717, 1.165) is 24.3 Å². The van der Waals surface area contributed by atoms with Crippen molar-refractivity contribution >= 4 is 5.91 Å². The number of rotatable bonds is 3. The molecule has 0 aromatic heterocycles. The fraction of sp³-hybridized carbons (Fsp3) is 0.562. The van der Waals surface area contributed by atoms with Crippen molar-refractivity contribution in [1.29, 1.82) is 0 Å². The largest absolute Gasteiger partial charge is 0.497 e. The Morgan fingerprint density at radius 2 is 1.95 bits per heavy atom. The average molecular weight is 279 g/mol. The second kappa shape index (κ2) is 8.59. The maximum absolute atomic E-state index is 12.0. The molecule has 1 aliphatic rings. The van der Waals surface area contributed by atoms with Crippen molar-refractivity contribution in [2.75, 3.05) is 20.3 Å². The molecule has 4 heteroatoms. The van der Waals surface area contributed by atoms with Crippen LogP contribution in [0.2, 0.25) is 0 Å². The third kappa shape index (κ3) is 4.53. The molecule has 2 rings (SSSR count). The van der Waals surface area contributed by atoms with Gasteiger partial charge in [0, 0.05) is 19.7 Å². The Balaban J connectivity index is 0.000000956. The zero-order valence-electron chi connectivity index (χ0n) is 12.9. The molecule has 1 amide bonds. The van der Waals surface area contributed by atoms with Crippen LogP contribution in [0.25, 0.3) is 0 Å². The number of ether oxygens (including phenoxy) is 2. The molecule has 112 valence electrons. The number of hydrogen-bond acceptors (Lipinski definition) is 3. The van der Waals surface area contributed by atoms with Crippen molar-refractivity contribution in [3.05, 3.63) is 29.8 Å². The minimum absolute atomic E-state index is 0.0725. The van der Waals surface area contributed by atoms with Crippen LogP contribution in [0, 0.1) is 0 Å². The molecule has 1 aromatic carbocycles. The first-order valence-electron chi connectivity index (χ1n) is 7.24. The summed E-state index contributed by atoms with van der Waals surface area (Å²) < 4.78 is 10.5.